The first-order valence-corrected chi connectivity index (χ1v) is 5.15. The highest BCUT2D eigenvalue weighted by Gasteiger charge is 2.12. The number of amides is 1. The second-order valence-corrected chi connectivity index (χ2v) is 3.79. The molecule has 1 rings (SSSR count). The van der Waals surface area contributed by atoms with Gasteiger partial charge in [-0.05, 0) is 20.0 Å². The number of pyridine rings is 1. The Morgan fingerprint density at radius 1 is 1.50 bits per heavy atom. The van der Waals surface area contributed by atoms with E-state index in [0.717, 1.165) is 11.4 Å². The first kappa shape index (κ1) is 12.4. The maximum absolute atomic E-state index is 11.7. The third-order valence-corrected chi connectivity index (χ3v) is 2.36. The zero-order chi connectivity index (χ0) is 12.1. The number of aromatic nitrogens is 1. The Kier molecular flexibility index (Phi) is 4.25. The number of nitrogens with zero attached hydrogens (tertiary/aromatic N) is 2. The summed E-state index contributed by atoms with van der Waals surface area (Å²) < 4.78 is 0. The Morgan fingerprint density at radius 3 is 2.75 bits per heavy atom. The van der Waals surface area contributed by atoms with E-state index >= 15 is 0 Å². The van der Waals surface area contributed by atoms with Crippen molar-refractivity contribution in [3.8, 4) is 0 Å². The molecule has 1 aromatic heterocycles. The van der Waals surface area contributed by atoms with E-state index in [-0.39, 0.29) is 11.9 Å². The van der Waals surface area contributed by atoms with Gasteiger partial charge in [0.2, 0.25) is 5.91 Å². The Hall–Kier alpha value is -1.62. The van der Waals surface area contributed by atoms with Crippen molar-refractivity contribution in [2.45, 2.75) is 13.0 Å². The summed E-state index contributed by atoms with van der Waals surface area (Å²) in [6.45, 7) is 1.81. The highest BCUT2D eigenvalue weighted by atomic mass is 16.2. The third kappa shape index (κ3) is 2.93. The zero-order valence-corrected chi connectivity index (χ0v) is 10.1. The van der Waals surface area contributed by atoms with Crippen LogP contribution < -0.4 is 15.5 Å². The first-order chi connectivity index (χ1) is 7.56. The molecule has 5 heteroatoms. The molecule has 0 spiro atoms. The zero-order valence-electron chi connectivity index (χ0n) is 10.1. The molecule has 0 radical (unpaired) electrons. The van der Waals surface area contributed by atoms with Gasteiger partial charge < -0.3 is 15.5 Å². The quantitative estimate of drug-likeness (QED) is 0.787. The molecule has 0 fully saturated rings. The predicted octanol–water partition coefficient (Wildman–Crippen LogP) is 0.694. The summed E-state index contributed by atoms with van der Waals surface area (Å²) in [4.78, 5) is 17.6. The molecule has 0 saturated carbocycles. The molecule has 5 nitrogen and oxygen atoms in total. The SMILES string of the molecule is CNC(C)C(=O)Nc1cnccc1N(C)C. The van der Waals surface area contributed by atoms with Crippen molar-refractivity contribution in [1.29, 1.82) is 0 Å². The topological polar surface area (TPSA) is 57.3 Å². The fraction of sp³-hybridized carbons (Fsp3) is 0.455. The molecule has 1 heterocycles. The molecule has 0 aliphatic heterocycles. The summed E-state index contributed by atoms with van der Waals surface area (Å²) in [5.41, 5.74) is 1.66. The third-order valence-electron chi connectivity index (χ3n) is 2.36. The summed E-state index contributed by atoms with van der Waals surface area (Å²) >= 11 is 0. The molecule has 1 amide bonds. The normalized spacial score (nSPS) is 12.0. The van der Waals surface area contributed by atoms with Gasteiger partial charge in [0.25, 0.3) is 0 Å². The van der Waals surface area contributed by atoms with Gasteiger partial charge in [-0.2, -0.15) is 0 Å². The largest absolute Gasteiger partial charge is 0.376 e. The van der Waals surface area contributed by atoms with Gasteiger partial charge in [0.15, 0.2) is 0 Å². The van der Waals surface area contributed by atoms with Crippen molar-refractivity contribution >= 4 is 17.3 Å². The summed E-state index contributed by atoms with van der Waals surface area (Å²) in [5, 5.41) is 5.72. The lowest BCUT2D eigenvalue weighted by Crippen LogP contribution is -2.35. The van der Waals surface area contributed by atoms with Crippen LogP contribution in [0.25, 0.3) is 0 Å². The first-order valence-electron chi connectivity index (χ1n) is 5.15. The van der Waals surface area contributed by atoms with Crippen LogP contribution in [0.2, 0.25) is 0 Å². The second kappa shape index (κ2) is 5.46. The summed E-state index contributed by atoms with van der Waals surface area (Å²) in [5.74, 6) is -0.0707. The Bertz CT molecular complexity index is 365. The minimum Gasteiger partial charge on any atom is -0.376 e. The van der Waals surface area contributed by atoms with Crippen LogP contribution in [-0.4, -0.2) is 38.1 Å². The Balaban J connectivity index is 2.84. The van der Waals surface area contributed by atoms with Gasteiger partial charge >= 0.3 is 0 Å². The molecule has 0 aromatic carbocycles. The van der Waals surface area contributed by atoms with Crippen LogP contribution in [0.5, 0.6) is 0 Å². The minimum absolute atomic E-state index is 0.0707. The van der Waals surface area contributed by atoms with E-state index in [1.807, 2.05) is 25.1 Å². The standard InChI is InChI=1S/C11H18N4O/c1-8(12-2)11(16)14-9-7-13-6-5-10(9)15(3)4/h5-8,12H,1-4H3,(H,14,16). The van der Waals surface area contributed by atoms with Crippen molar-refractivity contribution in [2.75, 3.05) is 31.4 Å². The molecule has 2 N–H and O–H groups in total. The van der Waals surface area contributed by atoms with Gasteiger partial charge in [-0.3, -0.25) is 9.78 Å². The van der Waals surface area contributed by atoms with Crippen molar-refractivity contribution in [3.05, 3.63) is 18.5 Å². The molecule has 0 bridgehead atoms. The van der Waals surface area contributed by atoms with Crippen molar-refractivity contribution in [2.24, 2.45) is 0 Å². The van der Waals surface area contributed by atoms with E-state index < -0.39 is 0 Å². The lowest BCUT2D eigenvalue weighted by molar-refractivity contribution is -0.117. The van der Waals surface area contributed by atoms with Gasteiger partial charge in [0.05, 0.1) is 23.6 Å². The van der Waals surface area contributed by atoms with Gasteiger partial charge in [-0.1, -0.05) is 0 Å². The van der Waals surface area contributed by atoms with Crippen LogP contribution in [0.15, 0.2) is 18.5 Å². The van der Waals surface area contributed by atoms with Crippen molar-refractivity contribution in [1.82, 2.24) is 10.3 Å². The molecular formula is C11H18N4O. The number of likely N-dealkylation sites (N-methyl/N-ethyl adjacent to an activating group) is 1. The van der Waals surface area contributed by atoms with E-state index in [0.29, 0.717) is 0 Å². The number of anilines is 2. The lowest BCUT2D eigenvalue weighted by atomic mass is 10.2. The van der Waals surface area contributed by atoms with Gasteiger partial charge in [0.1, 0.15) is 0 Å². The lowest BCUT2D eigenvalue weighted by Gasteiger charge is -2.18. The van der Waals surface area contributed by atoms with Crippen LogP contribution in [0.4, 0.5) is 11.4 Å². The van der Waals surface area contributed by atoms with E-state index in [1.165, 1.54) is 0 Å². The van der Waals surface area contributed by atoms with Crippen LogP contribution in [-0.2, 0) is 4.79 Å². The average molecular weight is 222 g/mol. The van der Waals surface area contributed by atoms with E-state index in [2.05, 4.69) is 15.6 Å². The van der Waals surface area contributed by atoms with Crippen molar-refractivity contribution < 1.29 is 4.79 Å². The molecule has 88 valence electrons. The monoisotopic (exact) mass is 222 g/mol. The number of hydrogen-bond acceptors (Lipinski definition) is 4. The predicted molar refractivity (Wildman–Crippen MR) is 65.7 cm³/mol. The number of carbonyl (C=O) groups is 1. The van der Waals surface area contributed by atoms with Crippen molar-refractivity contribution in [3.63, 3.8) is 0 Å². The number of nitrogens with one attached hydrogen (secondary N) is 2. The maximum Gasteiger partial charge on any atom is 0.241 e. The second-order valence-electron chi connectivity index (χ2n) is 3.79. The molecule has 16 heavy (non-hydrogen) atoms. The summed E-state index contributed by atoms with van der Waals surface area (Å²) in [6, 6.07) is 1.63. The van der Waals surface area contributed by atoms with Gasteiger partial charge in [0, 0.05) is 20.3 Å². The number of hydrogen-bond donors (Lipinski definition) is 2. The molecule has 0 saturated heterocycles. The fourth-order valence-electron chi connectivity index (χ4n) is 1.25. The Labute approximate surface area is 95.9 Å². The van der Waals surface area contributed by atoms with Gasteiger partial charge in [-0.25, -0.2) is 0 Å². The molecule has 1 aromatic rings. The highest BCUT2D eigenvalue weighted by Crippen LogP contribution is 2.22. The van der Waals surface area contributed by atoms with Gasteiger partial charge in [-0.15, -0.1) is 0 Å². The average Bonchev–Trinajstić information content (AvgIpc) is 2.28. The Morgan fingerprint density at radius 2 is 2.19 bits per heavy atom. The molecule has 1 atom stereocenters. The van der Waals surface area contributed by atoms with Crippen LogP contribution in [0.1, 0.15) is 6.92 Å². The fourth-order valence-corrected chi connectivity index (χ4v) is 1.25. The van der Waals surface area contributed by atoms with E-state index in [9.17, 15) is 4.79 Å². The smallest absolute Gasteiger partial charge is 0.241 e. The minimum atomic E-state index is -0.227. The van der Waals surface area contributed by atoms with E-state index in [1.54, 1.807) is 26.4 Å². The molecular weight excluding hydrogens is 204 g/mol. The highest BCUT2D eigenvalue weighted by molar-refractivity contribution is 5.97. The van der Waals surface area contributed by atoms with E-state index in [4.69, 9.17) is 0 Å². The maximum atomic E-state index is 11.7. The molecule has 0 aliphatic rings. The molecule has 0 aliphatic carbocycles. The summed E-state index contributed by atoms with van der Waals surface area (Å²) in [6.07, 6.45) is 3.35. The van der Waals surface area contributed by atoms with Crippen LogP contribution >= 0.6 is 0 Å². The number of carbonyl (C=O) groups excluding carboxylic acids is 1. The number of rotatable bonds is 4. The summed E-state index contributed by atoms with van der Waals surface area (Å²) in [7, 11) is 5.60. The van der Waals surface area contributed by atoms with Crippen LogP contribution in [0.3, 0.4) is 0 Å². The van der Waals surface area contributed by atoms with Crippen LogP contribution in [0, 0.1) is 0 Å². The molecule has 1 unspecified atom stereocenters.